The van der Waals surface area contributed by atoms with Gasteiger partial charge >= 0.3 is 0 Å². The van der Waals surface area contributed by atoms with Crippen molar-refractivity contribution in [2.24, 2.45) is 0 Å². The number of aryl methyl sites for hydroxylation is 3. The third-order valence-corrected chi connectivity index (χ3v) is 2.99. The van der Waals surface area contributed by atoms with Crippen LogP contribution in [0.1, 0.15) is 29.5 Å². The number of halogens is 2. The molecule has 4 heteroatoms. The first-order valence-electron chi connectivity index (χ1n) is 5.44. The molecule has 0 spiro atoms. The summed E-state index contributed by atoms with van der Waals surface area (Å²) in [6.45, 7) is 1.99. The standard InChI is InChI=1S/C13H14Cl2O2/c1-9-8-10(3-6-12(14)16)2-4-11(9)5-7-13(15)17/h2,4,8H,3,5-7H2,1H3. The zero-order chi connectivity index (χ0) is 12.8. The highest BCUT2D eigenvalue weighted by molar-refractivity contribution is 6.63. The van der Waals surface area contributed by atoms with Crippen LogP contribution in [-0.4, -0.2) is 10.5 Å². The van der Waals surface area contributed by atoms with E-state index in [1.54, 1.807) is 0 Å². The van der Waals surface area contributed by atoms with Gasteiger partial charge in [-0.1, -0.05) is 18.2 Å². The maximum absolute atomic E-state index is 10.7. The molecule has 0 atom stereocenters. The molecule has 0 saturated carbocycles. The molecule has 1 aromatic rings. The SMILES string of the molecule is Cc1cc(CCC(=O)Cl)ccc1CCC(=O)Cl. The summed E-state index contributed by atoms with van der Waals surface area (Å²) in [5.41, 5.74) is 3.31. The maximum Gasteiger partial charge on any atom is 0.221 e. The highest BCUT2D eigenvalue weighted by Gasteiger charge is 2.04. The second kappa shape index (κ2) is 6.77. The van der Waals surface area contributed by atoms with Crippen molar-refractivity contribution in [2.45, 2.75) is 32.6 Å². The molecule has 0 N–H and O–H groups in total. The van der Waals surface area contributed by atoms with Crippen LogP contribution in [0, 0.1) is 6.92 Å². The number of hydrogen-bond donors (Lipinski definition) is 0. The van der Waals surface area contributed by atoms with Gasteiger partial charge in [0.15, 0.2) is 0 Å². The zero-order valence-corrected chi connectivity index (χ0v) is 11.1. The molecule has 92 valence electrons. The largest absolute Gasteiger partial charge is 0.281 e. The van der Waals surface area contributed by atoms with Crippen molar-refractivity contribution in [2.75, 3.05) is 0 Å². The molecule has 0 aliphatic heterocycles. The van der Waals surface area contributed by atoms with Crippen molar-refractivity contribution in [3.63, 3.8) is 0 Å². The van der Waals surface area contributed by atoms with Crippen molar-refractivity contribution in [3.8, 4) is 0 Å². The summed E-state index contributed by atoms with van der Waals surface area (Å²) in [5, 5.41) is -0.638. The van der Waals surface area contributed by atoms with Gasteiger partial charge in [0.25, 0.3) is 0 Å². The Balaban J connectivity index is 2.65. The van der Waals surface area contributed by atoms with E-state index in [1.165, 1.54) is 0 Å². The molecule has 0 amide bonds. The summed E-state index contributed by atoms with van der Waals surface area (Å²) in [7, 11) is 0. The van der Waals surface area contributed by atoms with Gasteiger partial charge in [-0.25, -0.2) is 0 Å². The van der Waals surface area contributed by atoms with Crippen molar-refractivity contribution in [1.29, 1.82) is 0 Å². The summed E-state index contributed by atoms with van der Waals surface area (Å²) in [5.74, 6) is 0. The fourth-order valence-electron chi connectivity index (χ4n) is 1.67. The molecule has 0 radical (unpaired) electrons. The highest BCUT2D eigenvalue weighted by atomic mass is 35.5. The van der Waals surface area contributed by atoms with Crippen LogP contribution >= 0.6 is 23.2 Å². The molecule has 0 aromatic heterocycles. The van der Waals surface area contributed by atoms with Crippen molar-refractivity contribution >= 4 is 33.7 Å². The van der Waals surface area contributed by atoms with Crippen LogP contribution in [0.2, 0.25) is 0 Å². The Hall–Kier alpha value is -0.860. The van der Waals surface area contributed by atoms with E-state index in [9.17, 15) is 9.59 Å². The van der Waals surface area contributed by atoms with Gasteiger partial charge in [0.1, 0.15) is 0 Å². The minimum absolute atomic E-state index is 0.318. The predicted molar refractivity (Wildman–Crippen MR) is 69.5 cm³/mol. The van der Waals surface area contributed by atoms with Crippen LogP contribution in [0.15, 0.2) is 18.2 Å². The molecule has 0 unspecified atom stereocenters. The highest BCUT2D eigenvalue weighted by Crippen LogP contribution is 2.15. The quantitative estimate of drug-likeness (QED) is 0.744. The number of carbonyl (C=O) groups excluding carboxylic acids is 2. The second-order valence-corrected chi connectivity index (χ2v) is 4.81. The van der Waals surface area contributed by atoms with Crippen LogP contribution < -0.4 is 0 Å². The fraction of sp³-hybridized carbons (Fsp3) is 0.385. The Kier molecular flexibility index (Phi) is 5.66. The van der Waals surface area contributed by atoms with Gasteiger partial charge < -0.3 is 0 Å². The Bertz CT molecular complexity index is 427. The predicted octanol–water partition coefficient (Wildman–Crippen LogP) is 3.39. The van der Waals surface area contributed by atoms with Crippen LogP contribution in [0.3, 0.4) is 0 Å². The number of rotatable bonds is 6. The Morgan fingerprint density at radius 2 is 1.65 bits per heavy atom. The average molecular weight is 273 g/mol. The number of carbonyl (C=O) groups is 2. The first-order valence-corrected chi connectivity index (χ1v) is 6.19. The van der Waals surface area contributed by atoms with Gasteiger partial charge in [0, 0.05) is 12.8 Å². The Morgan fingerprint density at radius 1 is 1.06 bits per heavy atom. The summed E-state index contributed by atoms with van der Waals surface area (Å²) in [6.07, 6.45) is 2.00. The topological polar surface area (TPSA) is 34.1 Å². The van der Waals surface area contributed by atoms with E-state index in [0.29, 0.717) is 25.7 Å². The van der Waals surface area contributed by atoms with E-state index >= 15 is 0 Å². The van der Waals surface area contributed by atoms with Gasteiger partial charge in [0.05, 0.1) is 0 Å². The maximum atomic E-state index is 10.7. The molecule has 0 fully saturated rings. The van der Waals surface area contributed by atoms with Crippen LogP contribution in [-0.2, 0) is 22.4 Å². The molecule has 0 bridgehead atoms. The van der Waals surface area contributed by atoms with E-state index in [2.05, 4.69) is 0 Å². The molecule has 1 aromatic carbocycles. The minimum atomic E-state index is -0.320. The molecule has 0 saturated heterocycles. The average Bonchev–Trinajstić information content (AvgIpc) is 2.24. The summed E-state index contributed by atoms with van der Waals surface area (Å²) >= 11 is 10.6. The van der Waals surface area contributed by atoms with Crippen LogP contribution in [0.4, 0.5) is 0 Å². The number of benzene rings is 1. The lowest BCUT2D eigenvalue weighted by atomic mass is 9.99. The lowest BCUT2D eigenvalue weighted by Crippen LogP contribution is -1.97. The molecule has 2 nitrogen and oxygen atoms in total. The second-order valence-electron chi connectivity index (χ2n) is 3.97. The van der Waals surface area contributed by atoms with Gasteiger partial charge in [-0.05, 0) is 59.7 Å². The fourth-order valence-corrected chi connectivity index (χ4v) is 1.86. The first kappa shape index (κ1) is 14.2. The molecular formula is C13H14Cl2O2. The number of hydrogen-bond acceptors (Lipinski definition) is 2. The lowest BCUT2D eigenvalue weighted by Gasteiger charge is -2.07. The Morgan fingerprint density at radius 3 is 2.18 bits per heavy atom. The van der Waals surface area contributed by atoms with Gasteiger partial charge in [0.2, 0.25) is 10.5 Å². The Labute approximate surface area is 111 Å². The summed E-state index contributed by atoms with van der Waals surface area (Å²) in [4.78, 5) is 21.3. The van der Waals surface area contributed by atoms with Crippen molar-refractivity contribution in [3.05, 3.63) is 34.9 Å². The van der Waals surface area contributed by atoms with Crippen LogP contribution in [0.5, 0.6) is 0 Å². The molecule has 17 heavy (non-hydrogen) atoms. The van der Waals surface area contributed by atoms with E-state index in [-0.39, 0.29) is 10.5 Å². The molecular weight excluding hydrogens is 259 g/mol. The zero-order valence-electron chi connectivity index (χ0n) is 9.63. The molecule has 0 aliphatic carbocycles. The van der Waals surface area contributed by atoms with E-state index < -0.39 is 0 Å². The summed E-state index contributed by atoms with van der Waals surface area (Å²) < 4.78 is 0. The van der Waals surface area contributed by atoms with E-state index in [1.807, 2.05) is 25.1 Å². The molecule has 1 rings (SSSR count). The van der Waals surface area contributed by atoms with Crippen molar-refractivity contribution < 1.29 is 9.59 Å². The third kappa shape index (κ3) is 5.33. The van der Waals surface area contributed by atoms with E-state index in [0.717, 1.165) is 16.7 Å². The monoisotopic (exact) mass is 272 g/mol. The smallest absolute Gasteiger partial charge is 0.221 e. The van der Waals surface area contributed by atoms with Gasteiger partial charge in [-0.3, -0.25) is 9.59 Å². The van der Waals surface area contributed by atoms with Crippen molar-refractivity contribution in [1.82, 2.24) is 0 Å². The lowest BCUT2D eigenvalue weighted by molar-refractivity contribution is -0.112. The first-order chi connectivity index (χ1) is 7.99. The third-order valence-electron chi connectivity index (χ3n) is 2.61. The van der Waals surface area contributed by atoms with E-state index in [4.69, 9.17) is 23.2 Å². The summed E-state index contributed by atoms with van der Waals surface area (Å²) in [6, 6.07) is 5.96. The van der Waals surface area contributed by atoms with Gasteiger partial charge in [-0.15, -0.1) is 0 Å². The molecule has 0 aliphatic rings. The van der Waals surface area contributed by atoms with Crippen LogP contribution in [0.25, 0.3) is 0 Å². The molecule has 0 heterocycles. The van der Waals surface area contributed by atoms with Gasteiger partial charge in [-0.2, -0.15) is 0 Å². The minimum Gasteiger partial charge on any atom is -0.281 e. The normalized spacial score (nSPS) is 10.3.